The Kier molecular flexibility index (Phi) is 9.40. The average molecular weight is 293 g/mol. The van der Waals surface area contributed by atoms with E-state index >= 15 is 0 Å². The van der Waals surface area contributed by atoms with Crippen LogP contribution in [0.15, 0.2) is 0 Å². The number of morpholine rings is 1. The van der Waals surface area contributed by atoms with Gasteiger partial charge in [0.25, 0.3) is 0 Å². The highest BCUT2D eigenvalue weighted by molar-refractivity contribution is 5.85. The van der Waals surface area contributed by atoms with Crippen LogP contribution in [-0.4, -0.2) is 49.7 Å². The van der Waals surface area contributed by atoms with E-state index < -0.39 is 0 Å². The third-order valence-electron chi connectivity index (χ3n) is 2.93. The minimum Gasteiger partial charge on any atom is -0.375 e. The fourth-order valence-electron chi connectivity index (χ4n) is 2.23. The van der Waals surface area contributed by atoms with Gasteiger partial charge in [0.2, 0.25) is 5.91 Å². The molecule has 5 heteroatoms. The molecule has 0 aromatic heterocycles. The first-order valence-electron chi connectivity index (χ1n) is 7.09. The van der Waals surface area contributed by atoms with Gasteiger partial charge < -0.3 is 15.0 Å². The van der Waals surface area contributed by atoms with E-state index in [4.69, 9.17) is 4.74 Å². The maximum absolute atomic E-state index is 12.3. The first kappa shape index (κ1) is 18.7. The minimum atomic E-state index is 0. The summed E-state index contributed by atoms with van der Waals surface area (Å²) in [5, 5.41) is 3.26. The second-order valence-electron chi connectivity index (χ2n) is 5.99. The lowest BCUT2D eigenvalue weighted by Gasteiger charge is -2.29. The SMILES string of the molecule is CC(C)CN(CC(C)C)C(=O)CC1CNCCO1.Cl. The highest BCUT2D eigenvalue weighted by Gasteiger charge is 2.22. The van der Waals surface area contributed by atoms with Crippen LogP contribution in [0.2, 0.25) is 0 Å². The van der Waals surface area contributed by atoms with Gasteiger partial charge in [-0.2, -0.15) is 0 Å². The van der Waals surface area contributed by atoms with Gasteiger partial charge in [0.15, 0.2) is 0 Å². The number of nitrogens with zero attached hydrogens (tertiary/aromatic N) is 1. The molecular formula is C14H29ClN2O2. The van der Waals surface area contributed by atoms with E-state index in [1.165, 1.54) is 0 Å². The molecule has 1 N–H and O–H groups in total. The molecule has 1 unspecified atom stereocenters. The van der Waals surface area contributed by atoms with Crippen LogP contribution in [0, 0.1) is 11.8 Å². The largest absolute Gasteiger partial charge is 0.375 e. The Morgan fingerprint density at radius 1 is 1.26 bits per heavy atom. The zero-order chi connectivity index (χ0) is 13.5. The number of rotatable bonds is 6. The van der Waals surface area contributed by atoms with Crippen molar-refractivity contribution in [3.05, 3.63) is 0 Å². The maximum atomic E-state index is 12.3. The number of hydrogen-bond donors (Lipinski definition) is 1. The van der Waals surface area contributed by atoms with Crippen LogP contribution in [-0.2, 0) is 9.53 Å². The number of nitrogens with one attached hydrogen (secondary N) is 1. The third-order valence-corrected chi connectivity index (χ3v) is 2.93. The number of amides is 1. The van der Waals surface area contributed by atoms with E-state index in [-0.39, 0.29) is 24.4 Å². The molecule has 1 aliphatic heterocycles. The van der Waals surface area contributed by atoms with Gasteiger partial charge in [-0.1, -0.05) is 27.7 Å². The summed E-state index contributed by atoms with van der Waals surface area (Å²) in [6, 6.07) is 0. The van der Waals surface area contributed by atoms with Crippen LogP contribution < -0.4 is 5.32 Å². The molecule has 0 spiro atoms. The summed E-state index contributed by atoms with van der Waals surface area (Å²) in [5.74, 6) is 1.25. The Morgan fingerprint density at radius 2 is 1.84 bits per heavy atom. The van der Waals surface area contributed by atoms with E-state index in [1.807, 2.05) is 4.90 Å². The lowest BCUT2D eigenvalue weighted by molar-refractivity contribution is -0.135. The van der Waals surface area contributed by atoms with E-state index in [9.17, 15) is 4.79 Å². The van der Waals surface area contributed by atoms with E-state index in [2.05, 4.69) is 33.0 Å². The standard InChI is InChI=1S/C14H28N2O2.ClH/c1-11(2)9-16(10-12(3)4)14(17)7-13-8-15-5-6-18-13;/h11-13,15H,5-10H2,1-4H3;1H. The summed E-state index contributed by atoms with van der Waals surface area (Å²) >= 11 is 0. The second kappa shape index (κ2) is 9.56. The molecule has 0 radical (unpaired) electrons. The molecule has 0 aliphatic carbocycles. The normalized spacial score (nSPS) is 19.4. The highest BCUT2D eigenvalue weighted by atomic mass is 35.5. The van der Waals surface area contributed by atoms with Crippen LogP contribution in [0.5, 0.6) is 0 Å². The Hall–Kier alpha value is -0.320. The summed E-state index contributed by atoms with van der Waals surface area (Å²) in [4.78, 5) is 14.3. The molecule has 1 rings (SSSR count). The monoisotopic (exact) mass is 292 g/mol. The molecule has 1 atom stereocenters. The lowest BCUT2D eigenvalue weighted by atomic mass is 10.1. The van der Waals surface area contributed by atoms with Crippen LogP contribution >= 0.6 is 12.4 Å². The van der Waals surface area contributed by atoms with E-state index in [1.54, 1.807) is 0 Å². The predicted octanol–water partition coefficient (Wildman–Crippen LogP) is 1.93. The topological polar surface area (TPSA) is 41.6 Å². The van der Waals surface area contributed by atoms with Crippen LogP contribution in [0.4, 0.5) is 0 Å². The smallest absolute Gasteiger partial charge is 0.225 e. The molecule has 0 saturated carbocycles. The number of hydrogen-bond acceptors (Lipinski definition) is 3. The van der Waals surface area contributed by atoms with Crippen molar-refractivity contribution in [1.82, 2.24) is 10.2 Å². The Morgan fingerprint density at radius 3 is 2.26 bits per heavy atom. The van der Waals surface area contributed by atoms with Crippen molar-refractivity contribution < 1.29 is 9.53 Å². The summed E-state index contributed by atoms with van der Waals surface area (Å²) in [5.41, 5.74) is 0. The number of carbonyl (C=O) groups is 1. The van der Waals surface area contributed by atoms with Crippen molar-refractivity contribution >= 4 is 18.3 Å². The van der Waals surface area contributed by atoms with Crippen molar-refractivity contribution in [3.63, 3.8) is 0 Å². The van der Waals surface area contributed by atoms with Crippen molar-refractivity contribution in [2.24, 2.45) is 11.8 Å². The predicted molar refractivity (Wildman–Crippen MR) is 80.7 cm³/mol. The molecule has 1 aliphatic rings. The van der Waals surface area contributed by atoms with E-state index in [0.29, 0.717) is 24.9 Å². The van der Waals surface area contributed by atoms with Crippen molar-refractivity contribution in [1.29, 1.82) is 0 Å². The van der Waals surface area contributed by atoms with Gasteiger partial charge in [0, 0.05) is 26.2 Å². The lowest BCUT2D eigenvalue weighted by Crippen LogP contribution is -2.44. The van der Waals surface area contributed by atoms with Crippen molar-refractivity contribution in [3.8, 4) is 0 Å². The van der Waals surface area contributed by atoms with Crippen LogP contribution in [0.1, 0.15) is 34.1 Å². The van der Waals surface area contributed by atoms with Gasteiger partial charge in [0.1, 0.15) is 0 Å². The Bertz CT molecular complexity index is 244. The van der Waals surface area contributed by atoms with Gasteiger partial charge in [0.05, 0.1) is 19.1 Å². The van der Waals surface area contributed by atoms with Gasteiger partial charge >= 0.3 is 0 Å². The minimum absolute atomic E-state index is 0. The number of ether oxygens (including phenoxy) is 1. The molecule has 0 bridgehead atoms. The van der Waals surface area contributed by atoms with E-state index in [0.717, 1.165) is 26.2 Å². The maximum Gasteiger partial charge on any atom is 0.225 e. The van der Waals surface area contributed by atoms with Gasteiger partial charge in [-0.15, -0.1) is 12.4 Å². The average Bonchev–Trinajstić information content (AvgIpc) is 2.28. The molecule has 114 valence electrons. The van der Waals surface area contributed by atoms with Crippen LogP contribution in [0.25, 0.3) is 0 Å². The van der Waals surface area contributed by atoms with Gasteiger partial charge in [-0.05, 0) is 11.8 Å². The number of halogens is 1. The first-order valence-corrected chi connectivity index (χ1v) is 7.09. The summed E-state index contributed by atoms with van der Waals surface area (Å²) in [7, 11) is 0. The van der Waals surface area contributed by atoms with Gasteiger partial charge in [-0.25, -0.2) is 0 Å². The summed E-state index contributed by atoms with van der Waals surface area (Å²) < 4.78 is 5.60. The summed E-state index contributed by atoms with van der Waals surface area (Å²) in [6.45, 7) is 12.7. The van der Waals surface area contributed by atoms with Crippen molar-refractivity contribution in [2.45, 2.75) is 40.2 Å². The molecule has 1 amide bonds. The molecule has 19 heavy (non-hydrogen) atoms. The van der Waals surface area contributed by atoms with Crippen LogP contribution in [0.3, 0.4) is 0 Å². The summed E-state index contributed by atoms with van der Waals surface area (Å²) in [6.07, 6.45) is 0.556. The second-order valence-corrected chi connectivity index (χ2v) is 5.99. The fourth-order valence-corrected chi connectivity index (χ4v) is 2.23. The molecule has 1 heterocycles. The molecule has 0 aromatic carbocycles. The third kappa shape index (κ3) is 7.75. The molecule has 4 nitrogen and oxygen atoms in total. The molecule has 0 aromatic rings. The highest BCUT2D eigenvalue weighted by Crippen LogP contribution is 2.09. The zero-order valence-corrected chi connectivity index (χ0v) is 13.5. The Balaban J connectivity index is 0.00000324. The zero-order valence-electron chi connectivity index (χ0n) is 12.6. The number of carbonyl (C=O) groups excluding carboxylic acids is 1. The van der Waals surface area contributed by atoms with Crippen molar-refractivity contribution in [2.75, 3.05) is 32.8 Å². The fraction of sp³-hybridized carbons (Fsp3) is 0.929. The molecule has 1 saturated heterocycles. The van der Waals surface area contributed by atoms with Gasteiger partial charge in [-0.3, -0.25) is 4.79 Å². The molecule has 1 fully saturated rings. The molecular weight excluding hydrogens is 264 g/mol. The quantitative estimate of drug-likeness (QED) is 0.813. The Labute approximate surface area is 123 Å². The first-order chi connectivity index (χ1) is 8.49.